The first-order valence-corrected chi connectivity index (χ1v) is 9.93. The van der Waals surface area contributed by atoms with Crippen molar-refractivity contribution in [1.29, 1.82) is 0 Å². The van der Waals surface area contributed by atoms with Gasteiger partial charge in [-0.15, -0.1) is 0 Å². The minimum Gasteiger partial charge on any atom is -0.302 e. The molecule has 2 amide bonds. The van der Waals surface area contributed by atoms with Gasteiger partial charge in [-0.2, -0.15) is 8.42 Å². The van der Waals surface area contributed by atoms with Gasteiger partial charge < -0.3 is 4.90 Å². The minimum atomic E-state index is -4.46. The van der Waals surface area contributed by atoms with E-state index in [2.05, 4.69) is 4.90 Å². The van der Waals surface area contributed by atoms with E-state index in [4.69, 9.17) is 0 Å². The fourth-order valence-electron chi connectivity index (χ4n) is 3.73. The van der Waals surface area contributed by atoms with Gasteiger partial charge in [-0.1, -0.05) is 12.1 Å². The molecule has 2 aliphatic heterocycles. The highest BCUT2D eigenvalue weighted by molar-refractivity contribution is 7.85. The number of carbonyl (C=O) groups excluding carboxylic acids is 2. The number of hydrogen-bond acceptors (Lipinski definition) is 5. The Balaban J connectivity index is 1.79. The van der Waals surface area contributed by atoms with E-state index in [9.17, 15) is 22.6 Å². The summed E-state index contributed by atoms with van der Waals surface area (Å²) in [5.74, 6) is -0.893. The molecule has 0 saturated carbocycles. The topological polar surface area (TPSA) is 95.0 Å². The van der Waals surface area contributed by atoms with Crippen LogP contribution in [-0.4, -0.2) is 60.8 Å². The third kappa shape index (κ3) is 2.80. The highest BCUT2D eigenvalue weighted by atomic mass is 32.2. The molecule has 8 heteroatoms. The molecular weight excluding hydrogens is 356 g/mol. The molecule has 136 valence electrons. The number of rotatable bonds is 4. The van der Waals surface area contributed by atoms with Crippen molar-refractivity contribution in [2.24, 2.45) is 0 Å². The van der Waals surface area contributed by atoms with Crippen LogP contribution in [0.4, 0.5) is 0 Å². The molecule has 7 nitrogen and oxygen atoms in total. The van der Waals surface area contributed by atoms with Crippen LogP contribution in [0.5, 0.6) is 0 Å². The molecule has 0 spiro atoms. The fourth-order valence-corrected chi connectivity index (χ4v) is 4.27. The highest BCUT2D eigenvalue weighted by Gasteiger charge is 2.34. The van der Waals surface area contributed by atoms with Crippen molar-refractivity contribution in [1.82, 2.24) is 9.80 Å². The van der Waals surface area contributed by atoms with E-state index in [0.717, 1.165) is 32.0 Å². The summed E-state index contributed by atoms with van der Waals surface area (Å²) < 4.78 is 32.5. The quantitative estimate of drug-likeness (QED) is 0.647. The first-order chi connectivity index (χ1) is 12.4. The van der Waals surface area contributed by atoms with Crippen molar-refractivity contribution < 1.29 is 22.6 Å². The van der Waals surface area contributed by atoms with Crippen molar-refractivity contribution in [2.75, 3.05) is 26.2 Å². The standard InChI is InChI=1S/C18H18N2O5S/c21-17-14-5-3-4-12-10-13(26(23,24)25)11-15(16(12)14)18(22)20(17)9-8-19-6-1-2-7-19/h3-5,10-11H,1-2,6-9H2,(H,23,24,25). The van der Waals surface area contributed by atoms with Gasteiger partial charge in [-0.25, -0.2) is 0 Å². The first-order valence-electron chi connectivity index (χ1n) is 8.49. The smallest absolute Gasteiger partial charge is 0.294 e. The van der Waals surface area contributed by atoms with E-state index in [1.165, 1.54) is 11.0 Å². The monoisotopic (exact) mass is 374 g/mol. The second kappa shape index (κ2) is 6.15. The number of amides is 2. The molecule has 1 fully saturated rings. The summed E-state index contributed by atoms with van der Waals surface area (Å²) in [4.78, 5) is 28.7. The molecule has 1 N–H and O–H groups in total. The predicted molar refractivity (Wildman–Crippen MR) is 94.8 cm³/mol. The molecule has 0 bridgehead atoms. The number of imide groups is 1. The second-order valence-electron chi connectivity index (χ2n) is 6.66. The molecule has 2 aromatic rings. The van der Waals surface area contributed by atoms with Crippen molar-refractivity contribution >= 4 is 32.7 Å². The lowest BCUT2D eigenvalue weighted by Gasteiger charge is -2.29. The van der Waals surface area contributed by atoms with Crippen molar-refractivity contribution in [3.05, 3.63) is 41.5 Å². The van der Waals surface area contributed by atoms with E-state index in [0.29, 0.717) is 22.9 Å². The largest absolute Gasteiger partial charge is 0.302 e. The third-order valence-electron chi connectivity index (χ3n) is 5.04. The SMILES string of the molecule is O=C1c2cccc3cc(S(=O)(=O)O)cc(c23)C(=O)N1CCN1CCCC1. The molecule has 0 radical (unpaired) electrons. The highest BCUT2D eigenvalue weighted by Crippen LogP contribution is 2.32. The summed E-state index contributed by atoms with van der Waals surface area (Å²) in [7, 11) is -4.46. The van der Waals surface area contributed by atoms with E-state index < -0.39 is 16.0 Å². The lowest BCUT2D eigenvalue weighted by atomic mass is 9.94. The Kier molecular flexibility index (Phi) is 4.06. The van der Waals surface area contributed by atoms with Gasteiger partial charge in [0, 0.05) is 24.0 Å². The van der Waals surface area contributed by atoms with Crippen LogP contribution >= 0.6 is 0 Å². The second-order valence-corrected chi connectivity index (χ2v) is 8.08. The Bertz CT molecular complexity index is 1030. The van der Waals surface area contributed by atoms with Crippen LogP contribution in [0.3, 0.4) is 0 Å². The maximum absolute atomic E-state index is 12.9. The van der Waals surface area contributed by atoms with Crippen LogP contribution in [0.15, 0.2) is 35.2 Å². The summed E-state index contributed by atoms with van der Waals surface area (Å²) in [6.45, 7) is 2.76. The first kappa shape index (κ1) is 17.1. The van der Waals surface area contributed by atoms with Gasteiger partial charge in [0.1, 0.15) is 0 Å². The average Bonchev–Trinajstić information content (AvgIpc) is 3.11. The van der Waals surface area contributed by atoms with Crippen LogP contribution in [0.1, 0.15) is 33.6 Å². The number of hydrogen-bond donors (Lipinski definition) is 1. The minimum absolute atomic E-state index is 0.131. The lowest BCUT2D eigenvalue weighted by molar-refractivity contribution is 0.0597. The summed E-state index contributed by atoms with van der Waals surface area (Å²) in [5.41, 5.74) is 0.507. The van der Waals surface area contributed by atoms with Crippen molar-refractivity contribution in [3.63, 3.8) is 0 Å². The Morgan fingerprint density at radius 1 is 0.962 bits per heavy atom. The summed E-state index contributed by atoms with van der Waals surface area (Å²) in [6, 6.07) is 7.33. The normalized spacial score (nSPS) is 18.1. The molecule has 4 rings (SSSR count). The zero-order valence-corrected chi connectivity index (χ0v) is 14.8. The van der Waals surface area contributed by atoms with Gasteiger partial charge >= 0.3 is 0 Å². The van der Waals surface area contributed by atoms with E-state index in [1.807, 2.05) is 0 Å². The zero-order chi connectivity index (χ0) is 18.5. The molecular formula is C18H18N2O5S. The maximum Gasteiger partial charge on any atom is 0.294 e. The third-order valence-corrected chi connectivity index (χ3v) is 5.87. The molecule has 0 aromatic heterocycles. The molecule has 2 heterocycles. The van der Waals surface area contributed by atoms with Gasteiger partial charge in [-0.3, -0.25) is 19.0 Å². The summed E-state index contributed by atoms with van der Waals surface area (Å²) in [6.07, 6.45) is 2.23. The Morgan fingerprint density at radius 2 is 1.65 bits per heavy atom. The Hall–Kier alpha value is -2.29. The molecule has 2 aliphatic rings. The lowest BCUT2D eigenvalue weighted by Crippen LogP contribution is -2.44. The van der Waals surface area contributed by atoms with E-state index in [-0.39, 0.29) is 22.9 Å². The van der Waals surface area contributed by atoms with Crippen molar-refractivity contribution in [3.8, 4) is 0 Å². The van der Waals surface area contributed by atoms with Crippen LogP contribution in [0, 0.1) is 0 Å². The van der Waals surface area contributed by atoms with Crippen LogP contribution < -0.4 is 0 Å². The molecule has 2 aromatic carbocycles. The number of likely N-dealkylation sites (tertiary alicyclic amines) is 1. The van der Waals surface area contributed by atoms with Gasteiger partial charge in [0.05, 0.1) is 10.5 Å². The maximum atomic E-state index is 12.9. The summed E-state index contributed by atoms with van der Waals surface area (Å²) >= 11 is 0. The van der Waals surface area contributed by atoms with Gasteiger partial charge in [0.15, 0.2) is 0 Å². The zero-order valence-electron chi connectivity index (χ0n) is 14.0. The van der Waals surface area contributed by atoms with Crippen LogP contribution in [0.2, 0.25) is 0 Å². The van der Waals surface area contributed by atoms with Gasteiger partial charge in [0.2, 0.25) is 0 Å². The average molecular weight is 374 g/mol. The van der Waals surface area contributed by atoms with Crippen LogP contribution in [-0.2, 0) is 10.1 Å². The van der Waals surface area contributed by atoms with E-state index >= 15 is 0 Å². The fraction of sp³-hybridized carbons (Fsp3) is 0.333. The number of carbonyl (C=O) groups is 2. The Labute approximate surface area is 150 Å². The van der Waals surface area contributed by atoms with Crippen LogP contribution in [0.25, 0.3) is 10.8 Å². The number of nitrogens with zero attached hydrogens (tertiary/aromatic N) is 2. The van der Waals surface area contributed by atoms with Crippen molar-refractivity contribution in [2.45, 2.75) is 17.7 Å². The molecule has 1 saturated heterocycles. The Morgan fingerprint density at radius 3 is 2.35 bits per heavy atom. The number of benzene rings is 2. The summed E-state index contributed by atoms with van der Waals surface area (Å²) in [5, 5.41) is 0.876. The van der Waals surface area contributed by atoms with Gasteiger partial charge in [0.25, 0.3) is 21.9 Å². The molecule has 0 unspecified atom stereocenters. The van der Waals surface area contributed by atoms with Gasteiger partial charge in [-0.05, 0) is 49.5 Å². The molecule has 0 aliphatic carbocycles. The predicted octanol–water partition coefficient (Wildman–Crippen LogP) is 1.78. The van der Waals surface area contributed by atoms with E-state index in [1.54, 1.807) is 18.2 Å². The molecule has 0 atom stereocenters. The molecule has 26 heavy (non-hydrogen) atoms.